The van der Waals surface area contributed by atoms with Crippen LogP contribution in [0.1, 0.15) is 11.6 Å². The van der Waals surface area contributed by atoms with E-state index in [9.17, 15) is 4.79 Å². The van der Waals surface area contributed by atoms with Crippen molar-refractivity contribution in [3.05, 3.63) is 33.4 Å². The molecular weight excluding hydrogens is 316 g/mol. The molecule has 5 heteroatoms. The maximum atomic E-state index is 11.1. The zero-order valence-electron chi connectivity index (χ0n) is 7.57. The summed E-state index contributed by atoms with van der Waals surface area (Å²) in [6.07, 6.45) is 0. The van der Waals surface area contributed by atoms with E-state index in [-0.39, 0.29) is 12.4 Å². The summed E-state index contributed by atoms with van der Waals surface area (Å²) >= 11 is 2.17. The van der Waals surface area contributed by atoms with Crippen LogP contribution in [-0.2, 0) is 9.53 Å². The molecule has 1 aromatic carbocycles. The number of nitrogens with two attached hydrogens (primary N) is 1. The Balaban J connectivity index is 0.00000169. The monoisotopic (exact) mass is 327 g/mol. The number of esters is 1. The zero-order valence-corrected chi connectivity index (χ0v) is 10.5. The van der Waals surface area contributed by atoms with E-state index in [1.165, 1.54) is 7.11 Å². The third-order valence-corrected chi connectivity index (χ3v) is 2.33. The molecule has 0 aliphatic rings. The maximum Gasteiger partial charge on any atom is 0.327 e. The van der Waals surface area contributed by atoms with Crippen molar-refractivity contribution in [2.75, 3.05) is 7.11 Å². The number of hydrogen-bond acceptors (Lipinski definition) is 3. The molecule has 0 fully saturated rings. The number of rotatable bonds is 2. The average molecular weight is 328 g/mol. The highest BCUT2D eigenvalue weighted by Crippen LogP contribution is 2.14. The molecule has 2 N–H and O–H groups in total. The van der Waals surface area contributed by atoms with Crippen molar-refractivity contribution >= 4 is 41.0 Å². The van der Waals surface area contributed by atoms with Gasteiger partial charge in [0.25, 0.3) is 0 Å². The molecule has 0 unspecified atom stereocenters. The van der Waals surface area contributed by atoms with Crippen LogP contribution in [0.3, 0.4) is 0 Å². The number of methoxy groups -OCH3 is 1. The van der Waals surface area contributed by atoms with Gasteiger partial charge in [-0.3, -0.25) is 4.79 Å². The van der Waals surface area contributed by atoms with Gasteiger partial charge in [-0.1, -0.05) is 12.1 Å². The van der Waals surface area contributed by atoms with E-state index in [2.05, 4.69) is 27.3 Å². The number of ether oxygens (including phenoxy) is 1. The molecule has 0 bridgehead atoms. The molecule has 0 aromatic heterocycles. The van der Waals surface area contributed by atoms with Crippen molar-refractivity contribution in [3.8, 4) is 0 Å². The highest BCUT2D eigenvalue weighted by Gasteiger charge is 2.15. The van der Waals surface area contributed by atoms with Gasteiger partial charge in [0.15, 0.2) is 0 Å². The first-order valence-electron chi connectivity index (χ1n) is 3.74. The average Bonchev–Trinajstić information content (AvgIpc) is 2.15. The van der Waals surface area contributed by atoms with Crippen LogP contribution in [0.5, 0.6) is 0 Å². The van der Waals surface area contributed by atoms with Crippen molar-refractivity contribution in [1.82, 2.24) is 0 Å². The first kappa shape index (κ1) is 13.7. The summed E-state index contributed by atoms with van der Waals surface area (Å²) in [7, 11) is 1.33. The van der Waals surface area contributed by atoms with Gasteiger partial charge < -0.3 is 10.5 Å². The SMILES string of the molecule is COC(=O)[C@H](N)c1cccc(I)c1.Cl. The molecule has 0 radical (unpaired) electrons. The summed E-state index contributed by atoms with van der Waals surface area (Å²) in [6.45, 7) is 0. The quantitative estimate of drug-likeness (QED) is 0.666. The minimum atomic E-state index is -0.681. The fraction of sp³-hybridized carbons (Fsp3) is 0.222. The van der Waals surface area contributed by atoms with Crippen LogP contribution >= 0.6 is 35.0 Å². The van der Waals surface area contributed by atoms with E-state index in [4.69, 9.17) is 5.73 Å². The van der Waals surface area contributed by atoms with Gasteiger partial charge in [-0.2, -0.15) is 0 Å². The van der Waals surface area contributed by atoms with Gasteiger partial charge in [-0.15, -0.1) is 12.4 Å². The molecule has 0 saturated carbocycles. The van der Waals surface area contributed by atoms with E-state index in [1.54, 1.807) is 0 Å². The lowest BCUT2D eigenvalue weighted by atomic mass is 10.1. The van der Waals surface area contributed by atoms with Crippen LogP contribution in [0.2, 0.25) is 0 Å². The standard InChI is InChI=1S/C9H10INO2.ClH/c1-13-9(12)8(11)6-3-2-4-7(10)5-6;/h2-5,8H,11H2,1H3;1H/t8-;/m1./s1. The van der Waals surface area contributed by atoms with Crippen molar-refractivity contribution in [3.63, 3.8) is 0 Å². The highest BCUT2D eigenvalue weighted by molar-refractivity contribution is 14.1. The molecule has 0 spiro atoms. The van der Waals surface area contributed by atoms with Crippen LogP contribution in [0.25, 0.3) is 0 Å². The molecule has 0 saturated heterocycles. The predicted molar refractivity (Wildman–Crippen MR) is 65.4 cm³/mol. The summed E-state index contributed by atoms with van der Waals surface area (Å²) < 4.78 is 5.59. The Labute approximate surface area is 103 Å². The fourth-order valence-corrected chi connectivity index (χ4v) is 1.53. The maximum absolute atomic E-state index is 11.1. The Bertz CT molecular complexity index is 319. The molecular formula is C9H11ClINO2. The third kappa shape index (κ3) is 3.43. The van der Waals surface area contributed by atoms with Crippen LogP contribution in [-0.4, -0.2) is 13.1 Å². The molecule has 0 aliphatic carbocycles. The first-order valence-corrected chi connectivity index (χ1v) is 4.82. The van der Waals surface area contributed by atoms with Gasteiger partial charge in [0.05, 0.1) is 7.11 Å². The lowest BCUT2D eigenvalue weighted by molar-refractivity contribution is -0.142. The third-order valence-electron chi connectivity index (χ3n) is 1.66. The second-order valence-electron chi connectivity index (χ2n) is 2.56. The van der Waals surface area contributed by atoms with Gasteiger partial charge in [-0.05, 0) is 40.3 Å². The topological polar surface area (TPSA) is 52.3 Å². The Hall–Kier alpha value is -0.330. The Morgan fingerprint density at radius 2 is 2.21 bits per heavy atom. The van der Waals surface area contributed by atoms with E-state index in [0.717, 1.165) is 9.13 Å². The first-order chi connectivity index (χ1) is 6.15. The molecule has 78 valence electrons. The van der Waals surface area contributed by atoms with Crippen LogP contribution in [0.4, 0.5) is 0 Å². The molecule has 14 heavy (non-hydrogen) atoms. The summed E-state index contributed by atoms with van der Waals surface area (Å²) in [5, 5.41) is 0. The number of halogens is 2. The second kappa shape index (κ2) is 6.21. The zero-order chi connectivity index (χ0) is 9.84. The highest BCUT2D eigenvalue weighted by atomic mass is 127. The molecule has 0 aliphatic heterocycles. The van der Waals surface area contributed by atoms with Gasteiger partial charge in [0, 0.05) is 3.57 Å². The van der Waals surface area contributed by atoms with Crippen LogP contribution in [0.15, 0.2) is 24.3 Å². The van der Waals surface area contributed by atoms with Crippen molar-refractivity contribution in [2.45, 2.75) is 6.04 Å². The minimum absolute atomic E-state index is 0. The molecule has 1 aromatic rings. The summed E-state index contributed by atoms with van der Waals surface area (Å²) in [5.74, 6) is -0.415. The van der Waals surface area contributed by atoms with Gasteiger partial charge in [-0.25, -0.2) is 0 Å². The summed E-state index contributed by atoms with van der Waals surface area (Å²) in [4.78, 5) is 11.1. The summed E-state index contributed by atoms with van der Waals surface area (Å²) in [5.41, 5.74) is 6.42. The van der Waals surface area contributed by atoms with E-state index in [0.29, 0.717) is 0 Å². The van der Waals surface area contributed by atoms with Crippen molar-refractivity contribution < 1.29 is 9.53 Å². The number of carbonyl (C=O) groups excluding carboxylic acids is 1. The lowest BCUT2D eigenvalue weighted by Gasteiger charge is -2.09. The van der Waals surface area contributed by atoms with Gasteiger partial charge in [0.2, 0.25) is 0 Å². The Morgan fingerprint density at radius 1 is 1.57 bits per heavy atom. The molecule has 1 atom stereocenters. The molecule has 3 nitrogen and oxygen atoms in total. The van der Waals surface area contributed by atoms with Crippen molar-refractivity contribution in [2.24, 2.45) is 5.73 Å². The van der Waals surface area contributed by atoms with Gasteiger partial charge >= 0.3 is 5.97 Å². The number of hydrogen-bond donors (Lipinski definition) is 1. The number of carbonyl (C=O) groups is 1. The Morgan fingerprint density at radius 3 is 2.71 bits per heavy atom. The van der Waals surface area contributed by atoms with E-state index >= 15 is 0 Å². The largest absolute Gasteiger partial charge is 0.468 e. The second-order valence-corrected chi connectivity index (χ2v) is 3.80. The lowest BCUT2D eigenvalue weighted by Crippen LogP contribution is -2.22. The van der Waals surface area contributed by atoms with Crippen LogP contribution in [0, 0.1) is 3.57 Å². The van der Waals surface area contributed by atoms with Crippen molar-refractivity contribution in [1.29, 1.82) is 0 Å². The Kier molecular flexibility index (Phi) is 6.06. The predicted octanol–water partition coefficient (Wildman–Crippen LogP) is 1.89. The van der Waals surface area contributed by atoms with E-state index < -0.39 is 12.0 Å². The van der Waals surface area contributed by atoms with Crippen LogP contribution < -0.4 is 5.73 Å². The molecule has 0 heterocycles. The summed E-state index contributed by atoms with van der Waals surface area (Å²) in [6, 6.07) is 6.79. The van der Waals surface area contributed by atoms with Gasteiger partial charge in [0.1, 0.15) is 6.04 Å². The van der Waals surface area contributed by atoms with E-state index in [1.807, 2.05) is 24.3 Å². The smallest absolute Gasteiger partial charge is 0.327 e. The normalized spacial score (nSPS) is 11.4. The fourth-order valence-electron chi connectivity index (χ4n) is 0.963. The number of benzene rings is 1. The molecule has 1 rings (SSSR count). The molecule has 0 amide bonds. The minimum Gasteiger partial charge on any atom is -0.468 e.